The largest absolute Gasteiger partial charge is 0.471 e. The highest BCUT2D eigenvalue weighted by Crippen LogP contribution is 2.38. The first-order chi connectivity index (χ1) is 16.5. The number of ether oxygens (including phenoxy) is 1. The Labute approximate surface area is 206 Å². The van der Waals surface area contributed by atoms with E-state index in [1.54, 1.807) is 42.5 Å². The molecule has 0 aliphatic carbocycles. The Bertz CT molecular complexity index is 1380. The van der Waals surface area contributed by atoms with E-state index in [0.29, 0.717) is 20.5 Å². The zero-order valence-electron chi connectivity index (χ0n) is 18.7. The molecule has 0 radical (unpaired) electrons. The molecule has 0 spiro atoms. The molecular weight excluding hydrogens is 533 g/mol. The molecule has 1 aliphatic rings. The molecule has 8 nitrogen and oxygen atoms in total. The molecule has 1 saturated heterocycles. The molecule has 1 amide bonds. The van der Waals surface area contributed by atoms with Crippen molar-refractivity contribution in [2.45, 2.75) is 25.1 Å². The SMILES string of the molecule is COC(=O)C1(c2cccc(Br)c2)CCN(C(=O)C(F)(F)F)CN1n1c(C)nc2ccccc2c1=O. The van der Waals surface area contributed by atoms with Crippen LogP contribution in [-0.2, 0) is 19.9 Å². The summed E-state index contributed by atoms with van der Waals surface area (Å²) >= 11 is 3.36. The van der Waals surface area contributed by atoms with Gasteiger partial charge in [0.2, 0.25) is 0 Å². The Hall–Kier alpha value is -3.41. The normalized spacial score (nSPS) is 18.6. The molecule has 12 heteroatoms. The summed E-state index contributed by atoms with van der Waals surface area (Å²) in [6.45, 7) is 0.396. The molecule has 1 unspecified atom stereocenters. The summed E-state index contributed by atoms with van der Waals surface area (Å²) in [5, 5.41) is 1.34. The third-order valence-electron chi connectivity index (χ3n) is 6.00. The highest BCUT2D eigenvalue weighted by atomic mass is 79.9. The van der Waals surface area contributed by atoms with Gasteiger partial charge in [-0.25, -0.2) is 14.5 Å². The van der Waals surface area contributed by atoms with Gasteiger partial charge in [0.15, 0.2) is 5.54 Å². The van der Waals surface area contributed by atoms with Gasteiger partial charge in [-0.1, -0.05) is 40.2 Å². The third kappa shape index (κ3) is 4.15. The molecule has 1 aromatic heterocycles. The highest BCUT2D eigenvalue weighted by molar-refractivity contribution is 9.10. The number of aromatic nitrogens is 2. The lowest BCUT2D eigenvalue weighted by molar-refractivity contribution is -0.188. The Kier molecular flexibility index (Phi) is 6.34. The summed E-state index contributed by atoms with van der Waals surface area (Å²) in [5.74, 6) is -2.75. The van der Waals surface area contributed by atoms with Crippen molar-refractivity contribution in [2.75, 3.05) is 25.3 Å². The van der Waals surface area contributed by atoms with Crippen LogP contribution in [0.4, 0.5) is 13.2 Å². The molecule has 1 aliphatic heterocycles. The molecule has 35 heavy (non-hydrogen) atoms. The fourth-order valence-electron chi connectivity index (χ4n) is 4.41. The first kappa shape index (κ1) is 24.7. The van der Waals surface area contributed by atoms with E-state index in [-0.39, 0.29) is 17.6 Å². The molecule has 3 aromatic rings. The maximum Gasteiger partial charge on any atom is 0.471 e. The summed E-state index contributed by atoms with van der Waals surface area (Å²) in [6, 6.07) is 13.1. The number of alkyl halides is 3. The topological polar surface area (TPSA) is 84.7 Å². The quantitative estimate of drug-likeness (QED) is 0.464. The number of carbonyl (C=O) groups is 2. The van der Waals surface area contributed by atoms with Crippen LogP contribution in [0.2, 0.25) is 0 Å². The van der Waals surface area contributed by atoms with E-state index in [0.717, 1.165) is 16.8 Å². The number of hydrogen-bond acceptors (Lipinski definition) is 6. The fourth-order valence-corrected chi connectivity index (χ4v) is 4.81. The van der Waals surface area contributed by atoms with Gasteiger partial charge >= 0.3 is 18.1 Å². The van der Waals surface area contributed by atoms with Gasteiger partial charge in [0, 0.05) is 17.4 Å². The monoisotopic (exact) mass is 552 g/mol. The van der Waals surface area contributed by atoms with E-state index < -0.39 is 42.4 Å². The summed E-state index contributed by atoms with van der Waals surface area (Å²) in [4.78, 5) is 44.2. The van der Waals surface area contributed by atoms with Crippen LogP contribution in [0.15, 0.2) is 57.8 Å². The Morgan fingerprint density at radius 1 is 1.14 bits per heavy atom. The minimum absolute atomic E-state index is 0.123. The summed E-state index contributed by atoms with van der Waals surface area (Å²) in [6.07, 6.45) is -5.40. The van der Waals surface area contributed by atoms with Crippen molar-refractivity contribution in [3.8, 4) is 0 Å². The minimum Gasteiger partial charge on any atom is -0.467 e. The van der Waals surface area contributed by atoms with Crippen LogP contribution in [0, 0.1) is 6.92 Å². The Morgan fingerprint density at radius 2 is 1.86 bits per heavy atom. The number of carbonyl (C=O) groups excluding carboxylic acids is 2. The van der Waals surface area contributed by atoms with E-state index in [1.165, 1.54) is 13.0 Å². The fraction of sp³-hybridized carbons (Fsp3) is 0.304. The van der Waals surface area contributed by atoms with Gasteiger partial charge in [0.05, 0.1) is 18.0 Å². The Balaban J connectivity index is 2.02. The predicted octanol–water partition coefficient (Wildman–Crippen LogP) is 3.23. The number of halogens is 4. The van der Waals surface area contributed by atoms with Crippen LogP contribution < -0.4 is 10.6 Å². The lowest BCUT2D eigenvalue weighted by Crippen LogP contribution is -2.69. The van der Waals surface area contributed by atoms with Crippen molar-refractivity contribution < 1.29 is 27.5 Å². The first-order valence-corrected chi connectivity index (χ1v) is 11.3. The third-order valence-corrected chi connectivity index (χ3v) is 6.49. The number of rotatable bonds is 3. The van der Waals surface area contributed by atoms with Crippen molar-refractivity contribution in [1.82, 2.24) is 14.6 Å². The van der Waals surface area contributed by atoms with Gasteiger partial charge in [-0.3, -0.25) is 14.6 Å². The van der Waals surface area contributed by atoms with E-state index in [2.05, 4.69) is 20.9 Å². The van der Waals surface area contributed by atoms with Crippen LogP contribution >= 0.6 is 15.9 Å². The lowest BCUT2D eigenvalue weighted by atomic mass is 9.84. The van der Waals surface area contributed by atoms with E-state index in [4.69, 9.17) is 4.74 Å². The molecule has 0 bridgehead atoms. The van der Waals surface area contributed by atoms with E-state index in [1.807, 2.05) is 0 Å². The number of esters is 1. The average Bonchev–Trinajstić information content (AvgIpc) is 2.82. The second-order valence-electron chi connectivity index (χ2n) is 8.01. The Morgan fingerprint density at radius 3 is 2.51 bits per heavy atom. The second-order valence-corrected chi connectivity index (χ2v) is 8.93. The van der Waals surface area contributed by atoms with Crippen molar-refractivity contribution in [3.63, 3.8) is 0 Å². The maximum atomic E-state index is 13.6. The summed E-state index contributed by atoms with van der Waals surface area (Å²) in [5.41, 5.74) is -1.56. The summed E-state index contributed by atoms with van der Waals surface area (Å²) < 4.78 is 46.8. The highest BCUT2D eigenvalue weighted by Gasteiger charge is 2.54. The molecule has 4 rings (SSSR count). The number of amides is 1. The van der Waals surface area contributed by atoms with Gasteiger partial charge in [-0.05, 0) is 36.8 Å². The van der Waals surface area contributed by atoms with E-state index in [9.17, 15) is 27.6 Å². The molecule has 2 heterocycles. The van der Waals surface area contributed by atoms with Gasteiger partial charge < -0.3 is 9.64 Å². The van der Waals surface area contributed by atoms with E-state index >= 15 is 0 Å². The van der Waals surface area contributed by atoms with Crippen molar-refractivity contribution in [3.05, 3.63) is 74.7 Å². The standard InChI is InChI=1S/C23H20BrF3N4O4/c1-14-28-18-9-4-3-8-17(18)19(32)31(14)30-13-29(20(33)23(25,26)27)11-10-22(30,21(34)35-2)15-6-5-7-16(24)12-15/h3-9,12H,10-11,13H2,1-2H3. The molecule has 184 valence electrons. The second kappa shape index (κ2) is 8.99. The number of fused-ring (bicyclic) bond motifs is 1. The van der Waals surface area contributed by atoms with Gasteiger partial charge in [0.1, 0.15) is 12.5 Å². The summed E-state index contributed by atoms with van der Waals surface area (Å²) in [7, 11) is 1.15. The number of methoxy groups -OCH3 is 1. The molecule has 0 saturated carbocycles. The molecule has 2 aromatic carbocycles. The molecule has 1 fully saturated rings. The van der Waals surface area contributed by atoms with Crippen LogP contribution in [0.1, 0.15) is 17.8 Å². The van der Waals surface area contributed by atoms with Crippen LogP contribution in [0.3, 0.4) is 0 Å². The maximum absolute atomic E-state index is 13.6. The van der Waals surface area contributed by atoms with Crippen molar-refractivity contribution >= 4 is 38.7 Å². The van der Waals surface area contributed by atoms with Gasteiger partial charge in [-0.2, -0.15) is 13.2 Å². The number of para-hydroxylation sites is 1. The van der Waals surface area contributed by atoms with Crippen LogP contribution in [-0.4, -0.2) is 52.9 Å². The lowest BCUT2D eigenvalue weighted by Gasteiger charge is -2.50. The molecular formula is C23H20BrF3N4O4. The van der Waals surface area contributed by atoms with Crippen LogP contribution in [0.25, 0.3) is 10.9 Å². The van der Waals surface area contributed by atoms with Gasteiger partial charge in [0.25, 0.3) is 5.56 Å². The smallest absolute Gasteiger partial charge is 0.467 e. The molecule has 0 N–H and O–H groups in total. The van der Waals surface area contributed by atoms with Gasteiger partial charge in [-0.15, -0.1) is 0 Å². The zero-order valence-corrected chi connectivity index (χ0v) is 20.3. The minimum atomic E-state index is -5.13. The van der Waals surface area contributed by atoms with Crippen molar-refractivity contribution in [2.24, 2.45) is 0 Å². The van der Waals surface area contributed by atoms with Crippen molar-refractivity contribution in [1.29, 1.82) is 0 Å². The van der Waals surface area contributed by atoms with Crippen LogP contribution in [0.5, 0.6) is 0 Å². The first-order valence-electron chi connectivity index (χ1n) is 10.5. The average molecular weight is 553 g/mol. The number of hydrogen-bond donors (Lipinski definition) is 0. The zero-order chi connectivity index (χ0) is 25.5. The predicted molar refractivity (Wildman–Crippen MR) is 124 cm³/mol. The molecule has 1 atom stereocenters. The number of benzene rings is 2. The number of nitrogens with zero attached hydrogens (tertiary/aromatic N) is 4. The number of aryl methyl sites for hydroxylation is 1.